The minimum atomic E-state index is 0.248. The molecule has 84 valence electrons. The van der Waals surface area contributed by atoms with Crippen LogP contribution in [0.2, 0.25) is 0 Å². The van der Waals surface area contributed by atoms with Crippen molar-refractivity contribution in [3.05, 3.63) is 35.4 Å². The molecule has 0 aliphatic rings. The lowest BCUT2D eigenvalue weighted by Crippen LogP contribution is -2.32. The van der Waals surface area contributed by atoms with Crippen LogP contribution in [0.15, 0.2) is 24.3 Å². The van der Waals surface area contributed by atoms with E-state index >= 15 is 0 Å². The van der Waals surface area contributed by atoms with Crippen LogP contribution in [0.4, 0.5) is 0 Å². The highest BCUT2D eigenvalue weighted by Gasteiger charge is 2.17. The van der Waals surface area contributed by atoms with E-state index in [4.69, 9.17) is 5.73 Å². The third-order valence-corrected chi connectivity index (χ3v) is 3.26. The zero-order chi connectivity index (χ0) is 11.4. The van der Waals surface area contributed by atoms with Crippen LogP contribution in [0, 0.1) is 5.92 Å². The van der Waals surface area contributed by atoms with E-state index in [9.17, 15) is 0 Å². The lowest BCUT2D eigenvalue weighted by Gasteiger charge is -2.23. The van der Waals surface area contributed by atoms with E-state index in [1.54, 1.807) is 0 Å². The van der Waals surface area contributed by atoms with Crippen LogP contribution in [-0.2, 0) is 6.42 Å². The Balaban J connectivity index is 2.78. The average molecular weight is 205 g/mol. The number of rotatable bonds is 4. The maximum absolute atomic E-state index is 6.16. The fourth-order valence-electron chi connectivity index (χ4n) is 1.86. The molecule has 2 N–H and O–H groups in total. The van der Waals surface area contributed by atoms with Crippen molar-refractivity contribution in [2.45, 2.75) is 46.1 Å². The second kappa shape index (κ2) is 5.32. The molecule has 0 radical (unpaired) electrons. The van der Waals surface area contributed by atoms with Crippen LogP contribution in [0.1, 0.15) is 44.7 Å². The van der Waals surface area contributed by atoms with Gasteiger partial charge in [0.05, 0.1) is 0 Å². The minimum absolute atomic E-state index is 0.248. The van der Waals surface area contributed by atoms with Gasteiger partial charge in [0, 0.05) is 6.04 Å². The van der Waals surface area contributed by atoms with Gasteiger partial charge in [0.15, 0.2) is 0 Å². The molecule has 0 amide bonds. The van der Waals surface area contributed by atoms with Crippen molar-refractivity contribution in [2.24, 2.45) is 11.7 Å². The standard InChI is InChI=1S/C14H23N/c1-5-12-6-8-13(9-7-12)11(4)14(15)10(2)3/h6-11,14H,5,15H2,1-4H3. The fraction of sp³-hybridized carbons (Fsp3) is 0.571. The molecule has 0 fully saturated rings. The monoisotopic (exact) mass is 205 g/mol. The van der Waals surface area contributed by atoms with E-state index in [0.717, 1.165) is 6.42 Å². The van der Waals surface area contributed by atoms with E-state index in [1.807, 2.05) is 0 Å². The van der Waals surface area contributed by atoms with Gasteiger partial charge in [-0.05, 0) is 29.4 Å². The van der Waals surface area contributed by atoms with Crippen molar-refractivity contribution < 1.29 is 0 Å². The van der Waals surface area contributed by atoms with E-state index in [2.05, 4.69) is 52.0 Å². The highest BCUT2D eigenvalue weighted by atomic mass is 14.7. The molecule has 1 aromatic rings. The Morgan fingerprint density at radius 1 is 1.07 bits per heavy atom. The molecule has 2 unspecified atom stereocenters. The van der Waals surface area contributed by atoms with Gasteiger partial charge < -0.3 is 5.73 Å². The first-order chi connectivity index (χ1) is 7.06. The molecule has 0 saturated heterocycles. The molecule has 1 heteroatoms. The highest BCUT2D eigenvalue weighted by molar-refractivity contribution is 5.26. The summed E-state index contributed by atoms with van der Waals surface area (Å²) in [5.74, 6) is 0.974. The van der Waals surface area contributed by atoms with Gasteiger partial charge in [-0.15, -0.1) is 0 Å². The molecule has 0 bridgehead atoms. The van der Waals surface area contributed by atoms with E-state index in [-0.39, 0.29) is 6.04 Å². The minimum Gasteiger partial charge on any atom is -0.327 e. The summed E-state index contributed by atoms with van der Waals surface area (Å²) in [6.07, 6.45) is 1.10. The molecule has 0 aliphatic heterocycles. The highest BCUT2D eigenvalue weighted by Crippen LogP contribution is 2.22. The zero-order valence-electron chi connectivity index (χ0n) is 10.3. The van der Waals surface area contributed by atoms with Crippen molar-refractivity contribution in [1.82, 2.24) is 0 Å². The van der Waals surface area contributed by atoms with Crippen LogP contribution in [0.5, 0.6) is 0 Å². The van der Waals surface area contributed by atoms with Crippen LogP contribution in [0.25, 0.3) is 0 Å². The SMILES string of the molecule is CCc1ccc(C(C)C(N)C(C)C)cc1. The Labute approximate surface area is 93.7 Å². The van der Waals surface area contributed by atoms with Crippen LogP contribution in [0.3, 0.4) is 0 Å². The Kier molecular flexibility index (Phi) is 4.34. The number of benzene rings is 1. The predicted octanol–water partition coefficient (Wildman–Crippen LogP) is 3.34. The largest absolute Gasteiger partial charge is 0.327 e. The lowest BCUT2D eigenvalue weighted by atomic mass is 9.87. The molecule has 2 atom stereocenters. The molecule has 1 nitrogen and oxygen atoms in total. The smallest absolute Gasteiger partial charge is 0.0128 e. The van der Waals surface area contributed by atoms with Crippen molar-refractivity contribution in [3.63, 3.8) is 0 Å². The number of hydrogen-bond acceptors (Lipinski definition) is 1. The summed E-state index contributed by atoms with van der Waals surface area (Å²) < 4.78 is 0. The van der Waals surface area contributed by atoms with Crippen molar-refractivity contribution >= 4 is 0 Å². The normalized spacial score (nSPS) is 15.3. The maximum atomic E-state index is 6.16. The quantitative estimate of drug-likeness (QED) is 0.801. The summed E-state index contributed by atoms with van der Waals surface area (Å²) in [5, 5.41) is 0. The molecule has 1 rings (SSSR count). The third-order valence-electron chi connectivity index (χ3n) is 3.26. The summed E-state index contributed by atoms with van der Waals surface area (Å²) in [5.41, 5.74) is 8.91. The maximum Gasteiger partial charge on any atom is 0.0128 e. The Morgan fingerprint density at radius 3 is 2.00 bits per heavy atom. The first kappa shape index (κ1) is 12.3. The summed E-state index contributed by atoms with van der Waals surface area (Å²) >= 11 is 0. The van der Waals surface area contributed by atoms with Crippen molar-refractivity contribution in [3.8, 4) is 0 Å². The topological polar surface area (TPSA) is 26.0 Å². The molecule has 0 aliphatic carbocycles. The zero-order valence-corrected chi connectivity index (χ0v) is 10.3. The van der Waals surface area contributed by atoms with Gasteiger partial charge in [-0.3, -0.25) is 0 Å². The number of aryl methyl sites for hydroxylation is 1. The van der Waals surface area contributed by atoms with Gasteiger partial charge >= 0.3 is 0 Å². The Hall–Kier alpha value is -0.820. The Bertz CT molecular complexity index is 287. The molecular formula is C14H23N. The van der Waals surface area contributed by atoms with E-state index in [1.165, 1.54) is 11.1 Å². The molecule has 0 spiro atoms. The van der Waals surface area contributed by atoms with Gasteiger partial charge in [-0.25, -0.2) is 0 Å². The molecule has 0 heterocycles. The third kappa shape index (κ3) is 3.07. The molecule has 0 aromatic heterocycles. The summed E-state index contributed by atoms with van der Waals surface area (Å²) in [6.45, 7) is 8.76. The molecule has 0 saturated carbocycles. The summed E-state index contributed by atoms with van der Waals surface area (Å²) in [7, 11) is 0. The Morgan fingerprint density at radius 2 is 1.60 bits per heavy atom. The second-order valence-corrected chi connectivity index (χ2v) is 4.71. The van der Waals surface area contributed by atoms with Gasteiger partial charge in [-0.2, -0.15) is 0 Å². The molecular weight excluding hydrogens is 182 g/mol. The van der Waals surface area contributed by atoms with Crippen LogP contribution >= 0.6 is 0 Å². The number of hydrogen-bond donors (Lipinski definition) is 1. The van der Waals surface area contributed by atoms with Gasteiger partial charge in [0.1, 0.15) is 0 Å². The average Bonchev–Trinajstić information content (AvgIpc) is 2.27. The van der Waals surface area contributed by atoms with Gasteiger partial charge in [0.25, 0.3) is 0 Å². The lowest BCUT2D eigenvalue weighted by molar-refractivity contribution is 0.434. The van der Waals surface area contributed by atoms with Gasteiger partial charge in [0.2, 0.25) is 0 Å². The summed E-state index contributed by atoms with van der Waals surface area (Å²) in [4.78, 5) is 0. The predicted molar refractivity (Wildman–Crippen MR) is 67.0 cm³/mol. The van der Waals surface area contributed by atoms with Crippen LogP contribution < -0.4 is 5.73 Å². The fourth-order valence-corrected chi connectivity index (χ4v) is 1.86. The molecule has 1 aromatic carbocycles. The van der Waals surface area contributed by atoms with Crippen LogP contribution in [-0.4, -0.2) is 6.04 Å². The van der Waals surface area contributed by atoms with E-state index in [0.29, 0.717) is 11.8 Å². The second-order valence-electron chi connectivity index (χ2n) is 4.71. The van der Waals surface area contributed by atoms with Crippen molar-refractivity contribution in [1.29, 1.82) is 0 Å². The first-order valence-corrected chi connectivity index (χ1v) is 5.90. The number of nitrogens with two attached hydrogens (primary N) is 1. The van der Waals surface area contributed by atoms with E-state index < -0.39 is 0 Å². The summed E-state index contributed by atoms with van der Waals surface area (Å²) in [6, 6.07) is 9.09. The van der Waals surface area contributed by atoms with Crippen molar-refractivity contribution in [2.75, 3.05) is 0 Å². The molecule has 15 heavy (non-hydrogen) atoms. The first-order valence-electron chi connectivity index (χ1n) is 5.90. The van der Waals surface area contributed by atoms with Gasteiger partial charge in [-0.1, -0.05) is 52.0 Å².